The SMILES string of the molecule is CC(=O)OC(C)(C)[C@@H]1SCCCS1=O. The lowest BCUT2D eigenvalue weighted by atomic mass is 10.2. The van der Waals surface area contributed by atoms with Crippen molar-refractivity contribution in [3.8, 4) is 0 Å². The smallest absolute Gasteiger partial charge is 0.303 e. The van der Waals surface area contributed by atoms with Gasteiger partial charge in [0.1, 0.15) is 10.2 Å². The van der Waals surface area contributed by atoms with Gasteiger partial charge in [0, 0.05) is 23.5 Å². The van der Waals surface area contributed by atoms with Crippen LogP contribution in [-0.2, 0) is 20.3 Å². The second kappa shape index (κ2) is 4.66. The minimum Gasteiger partial charge on any atom is -0.458 e. The lowest BCUT2D eigenvalue weighted by molar-refractivity contribution is -0.152. The van der Waals surface area contributed by atoms with E-state index in [9.17, 15) is 9.00 Å². The fraction of sp³-hybridized carbons (Fsp3) is 0.889. The summed E-state index contributed by atoms with van der Waals surface area (Å²) in [4.78, 5) is 10.9. The lowest BCUT2D eigenvalue weighted by Gasteiger charge is -2.34. The van der Waals surface area contributed by atoms with Gasteiger partial charge in [-0.3, -0.25) is 9.00 Å². The van der Waals surface area contributed by atoms with Gasteiger partial charge in [-0.25, -0.2) is 0 Å². The zero-order valence-corrected chi connectivity index (χ0v) is 10.4. The average molecular weight is 236 g/mol. The van der Waals surface area contributed by atoms with Gasteiger partial charge in [-0.15, -0.1) is 11.8 Å². The first kappa shape index (κ1) is 12.0. The predicted octanol–water partition coefficient (Wildman–Crippen LogP) is 1.54. The van der Waals surface area contributed by atoms with Crippen molar-refractivity contribution in [3.63, 3.8) is 0 Å². The Bertz CT molecular complexity index is 250. The van der Waals surface area contributed by atoms with Crippen molar-refractivity contribution in [1.29, 1.82) is 0 Å². The molecule has 14 heavy (non-hydrogen) atoms. The molecule has 0 N–H and O–H groups in total. The largest absolute Gasteiger partial charge is 0.458 e. The molecular weight excluding hydrogens is 220 g/mol. The summed E-state index contributed by atoms with van der Waals surface area (Å²) in [5.41, 5.74) is -0.623. The molecule has 0 aromatic carbocycles. The summed E-state index contributed by atoms with van der Waals surface area (Å²) in [6.07, 6.45) is 0.990. The summed E-state index contributed by atoms with van der Waals surface area (Å²) in [6, 6.07) is 0. The van der Waals surface area contributed by atoms with Crippen molar-refractivity contribution in [2.45, 2.75) is 37.4 Å². The minimum atomic E-state index is -0.878. The molecule has 82 valence electrons. The van der Waals surface area contributed by atoms with Gasteiger partial charge in [0.25, 0.3) is 0 Å². The summed E-state index contributed by atoms with van der Waals surface area (Å²) in [5.74, 6) is 1.42. The van der Waals surface area contributed by atoms with Crippen LogP contribution in [0, 0.1) is 0 Å². The molecule has 0 radical (unpaired) electrons. The van der Waals surface area contributed by atoms with Crippen LogP contribution >= 0.6 is 11.8 Å². The average Bonchev–Trinajstić information content (AvgIpc) is 2.02. The molecule has 1 aliphatic heterocycles. The fourth-order valence-electron chi connectivity index (χ4n) is 1.51. The number of thioether (sulfide) groups is 1. The van der Waals surface area contributed by atoms with E-state index >= 15 is 0 Å². The highest BCUT2D eigenvalue weighted by atomic mass is 32.2. The van der Waals surface area contributed by atoms with Gasteiger partial charge in [0.2, 0.25) is 0 Å². The van der Waals surface area contributed by atoms with Gasteiger partial charge in [-0.1, -0.05) is 0 Å². The van der Waals surface area contributed by atoms with Gasteiger partial charge in [-0.2, -0.15) is 0 Å². The maximum Gasteiger partial charge on any atom is 0.303 e. The van der Waals surface area contributed by atoms with Crippen molar-refractivity contribution in [1.82, 2.24) is 0 Å². The summed E-state index contributed by atoms with van der Waals surface area (Å²) in [6.45, 7) is 5.04. The van der Waals surface area contributed by atoms with E-state index in [1.165, 1.54) is 6.92 Å². The molecule has 0 spiro atoms. The molecule has 1 rings (SSSR count). The first-order valence-electron chi connectivity index (χ1n) is 4.62. The van der Waals surface area contributed by atoms with Crippen molar-refractivity contribution in [2.75, 3.05) is 11.5 Å². The van der Waals surface area contributed by atoms with E-state index < -0.39 is 16.4 Å². The van der Waals surface area contributed by atoms with Crippen LogP contribution < -0.4 is 0 Å². The van der Waals surface area contributed by atoms with Crippen LogP contribution in [0.2, 0.25) is 0 Å². The lowest BCUT2D eigenvalue weighted by Crippen LogP contribution is -2.43. The standard InChI is InChI=1S/C9H16O3S2/c1-7(10)12-9(2,3)8-13-5-4-6-14(8)11/h8H,4-6H2,1-3H3/t8-,14?/m1/s1. The third-order valence-corrected chi connectivity index (χ3v) is 6.16. The Hall–Kier alpha value is -0.0300. The topological polar surface area (TPSA) is 43.4 Å². The molecule has 2 atom stereocenters. The summed E-state index contributed by atoms with van der Waals surface area (Å²) < 4.78 is 16.8. The molecule has 1 heterocycles. The highest BCUT2D eigenvalue weighted by Gasteiger charge is 2.38. The van der Waals surface area contributed by atoms with E-state index in [0.29, 0.717) is 0 Å². The zero-order valence-electron chi connectivity index (χ0n) is 8.74. The number of carbonyl (C=O) groups excluding carboxylic acids is 1. The predicted molar refractivity (Wildman–Crippen MR) is 59.7 cm³/mol. The van der Waals surface area contributed by atoms with Gasteiger partial charge < -0.3 is 4.74 Å². The van der Waals surface area contributed by atoms with Crippen molar-refractivity contribution < 1.29 is 13.7 Å². The van der Waals surface area contributed by atoms with Crippen LogP contribution in [0.4, 0.5) is 0 Å². The van der Waals surface area contributed by atoms with Gasteiger partial charge in [0.05, 0.1) is 0 Å². The van der Waals surface area contributed by atoms with Crippen LogP contribution in [0.1, 0.15) is 27.2 Å². The van der Waals surface area contributed by atoms with E-state index in [0.717, 1.165) is 17.9 Å². The Morgan fingerprint density at radius 1 is 1.57 bits per heavy atom. The van der Waals surface area contributed by atoms with Crippen molar-refractivity contribution >= 4 is 28.5 Å². The van der Waals surface area contributed by atoms with Gasteiger partial charge in [-0.05, 0) is 26.0 Å². The van der Waals surface area contributed by atoms with E-state index in [4.69, 9.17) is 4.74 Å². The van der Waals surface area contributed by atoms with Crippen molar-refractivity contribution in [2.24, 2.45) is 0 Å². The quantitative estimate of drug-likeness (QED) is 0.682. The number of esters is 1. The molecule has 0 saturated carbocycles. The van der Waals surface area contributed by atoms with Crippen LogP contribution in [0.3, 0.4) is 0 Å². The maximum atomic E-state index is 11.7. The molecule has 0 bridgehead atoms. The van der Waals surface area contributed by atoms with E-state index in [2.05, 4.69) is 0 Å². The summed E-state index contributed by atoms with van der Waals surface area (Å²) in [5, 5.41) is 0. The zero-order chi connectivity index (χ0) is 10.8. The van der Waals surface area contributed by atoms with Crippen LogP contribution in [0.15, 0.2) is 0 Å². The molecule has 1 aliphatic rings. The third-order valence-electron chi connectivity index (χ3n) is 1.97. The normalized spacial score (nSPS) is 28.5. The molecular formula is C9H16O3S2. The Balaban J connectivity index is 2.68. The summed E-state index contributed by atoms with van der Waals surface area (Å²) in [7, 11) is -0.878. The van der Waals surface area contributed by atoms with Crippen LogP contribution in [0.25, 0.3) is 0 Å². The second-order valence-electron chi connectivity index (χ2n) is 3.84. The Morgan fingerprint density at radius 3 is 2.71 bits per heavy atom. The Kier molecular flexibility index (Phi) is 4.01. The first-order chi connectivity index (χ1) is 6.43. The monoisotopic (exact) mass is 236 g/mol. The first-order valence-corrected chi connectivity index (χ1v) is 7.05. The fourth-order valence-corrected chi connectivity index (χ4v) is 5.18. The second-order valence-corrected chi connectivity index (χ2v) is 6.99. The van der Waals surface area contributed by atoms with E-state index in [1.54, 1.807) is 11.8 Å². The number of hydrogen-bond donors (Lipinski definition) is 0. The number of ether oxygens (including phenoxy) is 1. The Labute approximate surface area is 91.4 Å². The van der Waals surface area contributed by atoms with Crippen LogP contribution in [-0.4, -0.2) is 31.9 Å². The molecule has 1 unspecified atom stereocenters. The highest BCUT2D eigenvalue weighted by Crippen LogP contribution is 2.33. The van der Waals surface area contributed by atoms with Gasteiger partial charge in [0.15, 0.2) is 0 Å². The highest BCUT2D eigenvalue weighted by molar-refractivity contribution is 8.12. The van der Waals surface area contributed by atoms with Gasteiger partial charge >= 0.3 is 5.97 Å². The molecule has 0 amide bonds. The third kappa shape index (κ3) is 2.98. The molecule has 0 aromatic rings. The molecule has 5 heteroatoms. The molecule has 0 aliphatic carbocycles. The Morgan fingerprint density at radius 2 is 2.21 bits per heavy atom. The molecule has 1 saturated heterocycles. The number of hydrogen-bond acceptors (Lipinski definition) is 4. The van der Waals surface area contributed by atoms with E-state index in [1.807, 2.05) is 13.8 Å². The summed E-state index contributed by atoms with van der Waals surface area (Å²) >= 11 is 1.64. The number of rotatable bonds is 2. The molecule has 3 nitrogen and oxygen atoms in total. The van der Waals surface area contributed by atoms with Crippen LogP contribution in [0.5, 0.6) is 0 Å². The van der Waals surface area contributed by atoms with Crippen molar-refractivity contribution in [3.05, 3.63) is 0 Å². The number of carbonyl (C=O) groups is 1. The minimum absolute atomic E-state index is 0.0832. The van der Waals surface area contributed by atoms with E-state index in [-0.39, 0.29) is 10.6 Å². The maximum absolute atomic E-state index is 11.7. The molecule has 1 fully saturated rings. The molecule has 0 aromatic heterocycles.